The van der Waals surface area contributed by atoms with Gasteiger partial charge >= 0.3 is 5.97 Å². The zero-order valence-corrected chi connectivity index (χ0v) is 25.9. The average molecular weight is 603 g/mol. The number of aromatic nitrogens is 2. The summed E-state index contributed by atoms with van der Waals surface area (Å²) in [7, 11) is 0. The van der Waals surface area contributed by atoms with Crippen LogP contribution in [-0.4, -0.2) is 46.7 Å². The number of hydrogen-bond donors (Lipinski definition) is 0. The van der Waals surface area contributed by atoms with Gasteiger partial charge in [0.1, 0.15) is 18.4 Å². The fraction of sp³-hybridized carbons (Fsp3) is 0.405. The van der Waals surface area contributed by atoms with Crippen LogP contribution in [0, 0.1) is 16.7 Å². The van der Waals surface area contributed by atoms with E-state index in [1.165, 1.54) is 11.1 Å². The summed E-state index contributed by atoms with van der Waals surface area (Å²) in [5.41, 5.74) is 5.45. The number of nitriles is 1. The molecule has 45 heavy (non-hydrogen) atoms. The molecule has 3 aliphatic rings. The molecule has 0 amide bonds. The molecule has 1 unspecified atom stereocenters. The fourth-order valence-corrected chi connectivity index (χ4v) is 7.47. The van der Waals surface area contributed by atoms with E-state index in [0.717, 1.165) is 69.3 Å². The Bertz CT molecular complexity index is 1750. The minimum Gasteiger partial charge on any atom is -0.490 e. The van der Waals surface area contributed by atoms with Gasteiger partial charge in [0.2, 0.25) is 5.82 Å². The number of hydrogen-bond acceptors (Lipinski definition) is 8. The van der Waals surface area contributed by atoms with Crippen molar-refractivity contribution in [3.05, 3.63) is 89.0 Å². The summed E-state index contributed by atoms with van der Waals surface area (Å²) < 4.78 is 17.3. The van der Waals surface area contributed by atoms with E-state index in [2.05, 4.69) is 34.3 Å². The van der Waals surface area contributed by atoms with E-state index in [1.807, 2.05) is 50.2 Å². The largest absolute Gasteiger partial charge is 0.490 e. The Morgan fingerprint density at radius 2 is 1.91 bits per heavy atom. The van der Waals surface area contributed by atoms with Gasteiger partial charge in [-0.3, -0.25) is 4.79 Å². The second-order valence-corrected chi connectivity index (χ2v) is 13.2. The monoisotopic (exact) mass is 602 g/mol. The van der Waals surface area contributed by atoms with E-state index >= 15 is 0 Å². The van der Waals surface area contributed by atoms with Crippen LogP contribution >= 0.6 is 0 Å². The number of nitrogens with zero attached hydrogens (tertiary/aromatic N) is 4. The number of esters is 1. The summed E-state index contributed by atoms with van der Waals surface area (Å²) in [5.74, 6) is 1.42. The summed E-state index contributed by atoms with van der Waals surface area (Å²) in [5, 5.41) is 14.0. The molecule has 0 N–H and O–H groups in total. The lowest BCUT2D eigenvalue weighted by atomic mass is 9.68. The van der Waals surface area contributed by atoms with Crippen LogP contribution in [0.2, 0.25) is 0 Å². The van der Waals surface area contributed by atoms with Crippen molar-refractivity contribution in [3.8, 4) is 34.7 Å². The number of benzene rings is 3. The Morgan fingerprint density at radius 1 is 1.07 bits per heavy atom. The highest BCUT2D eigenvalue weighted by atomic mass is 16.5. The molecule has 1 aliphatic heterocycles. The van der Waals surface area contributed by atoms with E-state index < -0.39 is 5.41 Å². The number of fused-ring (bicyclic) bond motifs is 2. The summed E-state index contributed by atoms with van der Waals surface area (Å²) in [6.45, 7) is 6.87. The smallest absolute Gasteiger partial charge is 0.313 e. The lowest BCUT2D eigenvalue weighted by Crippen LogP contribution is -2.48. The Balaban J connectivity index is 1.07. The first-order valence-electron chi connectivity index (χ1n) is 16.0. The van der Waals surface area contributed by atoms with Gasteiger partial charge in [0.25, 0.3) is 5.89 Å². The minimum atomic E-state index is -0.394. The van der Waals surface area contributed by atoms with Crippen molar-refractivity contribution >= 4 is 5.97 Å². The Labute approximate surface area is 264 Å². The van der Waals surface area contributed by atoms with Crippen LogP contribution in [0.5, 0.6) is 5.75 Å². The van der Waals surface area contributed by atoms with Crippen LogP contribution in [0.25, 0.3) is 22.8 Å². The van der Waals surface area contributed by atoms with Gasteiger partial charge in [-0.2, -0.15) is 10.2 Å². The van der Waals surface area contributed by atoms with Crippen LogP contribution in [0.4, 0.5) is 0 Å². The first kappa shape index (κ1) is 29.2. The van der Waals surface area contributed by atoms with Gasteiger partial charge in [-0.1, -0.05) is 60.1 Å². The van der Waals surface area contributed by atoms with Gasteiger partial charge in [-0.25, -0.2) is 0 Å². The van der Waals surface area contributed by atoms with Crippen molar-refractivity contribution < 1.29 is 18.8 Å². The molecule has 1 aromatic heterocycles. The molecule has 4 aromatic rings. The maximum absolute atomic E-state index is 13.3. The molecule has 230 valence electrons. The number of rotatable bonds is 9. The van der Waals surface area contributed by atoms with E-state index in [1.54, 1.807) is 12.1 Å². The standard InChI is InChI=1S/C37H38N4O4/c1-25(2)44-32-13-12-27(20-28(32)21-38)34-39-33(40-45-34)30-10-6-11-31-29(30)14-17-36(31)18-19-41(23-36)24-37(15-7-16-37)35(42)43-22-26-8-4-3-5-9-26/h3-6,8-13,20,25H,7,14-19,22-24H2,1-2H3. The Hall–Kier alpha value is -4.48. The maximum atomic E-state index is 13.3. The molecule has 1 saturated carbocycles. The third-order valence-corrected chi connectivity index (χ3v) is 9.89. The number of carbonyl (C=O) groups excluding carboxylic acids is 1. The fourth-order valence-electron chi connectivity index (χ4n) is 7.47. The molecule has 1 spiro atoms. The molecule has 2 fully saturated rings. The van der Waals surface area contributed by atoms with Crippen molar-refractivity contribution in [2.75, 3.05) is 19.6 Å². The van der Waals surface area contributed by atoms with Crippen LogP contribution in [-0.2, 0) is 28.0 Å². The van der Waals surface area contributed by atoms with Crippen molar-refractivity contribution in [2.24, 2.45) is 5.41 Å². The highest BCUT2D eigenvalue weighted by Crippen LogP contribution is 2.50. The van der Waals surface area contributed by atoms with Crippen molar-refractivity contribution in [1.82, 2.24) is 15.0 Å². The lowest BCUT2D eigenvalue weighted by Gasteiger charge is -2.42. The second kappa shape index (κ2) is 11.8. The first-order chi connectivity index (χ1) is 21.9. The zero-order valence-electron chi connectivity index (χ0n) is 25.9. The topological polar surface area (TPSA) is 101 Å². The van der Waals surface area contributed by atoms with Gasteiger partial charge in [-0.05, 0) is 87.4 Å². The summed E-state index contributed by atoms with van der Waals surface area (Å²) in [6.07, 6.45) is 5.92. The lowest BCUT2D eigenvalue weighted by molar-refractivity contribution is -0.164. The van der Waals surface area contributed by atoms with Crippen molar-refractivity contribution in [1.29, 1.82) is 5.26 Å². The predicted octanol–water partition coefficient (Wildman–Crippen LogP) is 6.87. The predicted molar refractivity (Wildman–Crippen MR) is 169 cm³/mol. The summed E-state index contributed by atoms with van der Waals surface area (Å²) in [6, 6.07) is 23.9. The highest BCUT2D eigenvalue weighted by Gasteiger charge is 2.51. The van der Waals surface area contributed by atoms with E-state index in [9.17, 15) is 10.1 Å². The highest BCUT2D eigenvalue weighted by molar-refractivity contribution is 5.78. The van der Waals surface area contributed by atoms with E-state index in [4.69, 9.17) is 19.0 Å². The molecule has 2 heterocycles. The average Bonchev–Trinajstić information content (AvgIpc) is 3.78. The normalized spacial score (nSPS) is 20.1. The SMILES string of the molecule is CC(C)Oc1ccc(-c2nc(-c3cccc4c3CCC43CCN(CC4(C(=O)OCc5ccccc5)CCC4)C3)no2)cc1C#N. The van der Waals surface area contributed by atoms with Crippen molar-refractivity contribution in [2.45, 2.75) is 70.5 Å². The molecule has 1 saturated heterocycles. The van der Waals surface area contributed by atoms with E-state index in [-0.39, 0.29) is 17.5 Å². The van der Waals surface area contributed by atoms with Crippen LogP contribution in [0.3, 0.4) is 0 Å². The van der Waals surface area contributed by atoms with Crippen LogP contribution < -0.4 is 4.74 Å². The maximum Gasteiger partial charge on any atom is 0.313 e. The molecular weight excluding hydrogens is 564 g/mol. The van der Waals surface area contributed by atoms with Gasteiger partial charge in [0.15, 0.2) is 0 Å². The van der Waals surface area contributed by atoms with Gasteiger partial charge < -0.3 is 18.9 Å². The van der Waals surface area contributed by atoms with Crippen molar-refractivity contribution in [3.63, 3.8) is 0 Å². The zero-order chi connectivity index (χ0) is 31.0. The van der Waals surface area contributed by atoms with Gasteiger partial charge in [0.05, 0.1) is 17.1 Å². The van der Waals surface area contributed by atoms with Gasteiger partial charge in [-0.15, -0.1) is 0 Å². The van der Waals surface area contributed by atoms with Crippen LogP contribution in [0.15, 0.2) is 71.3 Å². The van der Waals surface area contributed by atoms with E-state index in [0.29, 0.717) is 35.2 Å². The third kappa shape index (κ3) is 5.51. The Morgan fingerprint density at radius 3 is 2.67 bits per heavy atom. The Kier molecular flexibility index (Phi) is 7.66. The molecule has 8 heteroatoms. The number of ether oxygens (including phenoxy) is 2. The molecular formula is C37H38N4O4. The molecule has 3 aromatic carbocycles. The minimum absolute atomic E-state index is 0.0332. The van der Waals surface area contributed by atoms with Gasteiger partial charge in [0, 0.05) is 29.6 Å². The quantitative estimate of drug-likeness (QED) is 0.191. The molecule has 0 bridgehead atoms. The number of carbonyl (C=O) groups is 1. The summed E-state index contributed by atoms with van der Waals surface area (Å²) >= 11 is 0. The molecule has 8 nitrogen and oxygen atoms in total. The first-order valence-corrected chi connectivity index (χ1v) is 16.0. The number of likely N-dealkylation sites (tertiary alicyclic amines) is 1. The summed E-state index contributed by atoms with van der Waals surface area (Å²) in [4.78, 5) is 20.6. The third-order valence-electron chi connectivity index (χ3n) is 9.89. The molecule has 0 radical (unpaired) electrons. The molecule has 1 atom stereocenters. The molecule has 2 aliphatic carbocycles. The second-order valence-electron chi connectivity index (χ2n) is 13.2. The molecule has 7 rings (SSSR count). The van der Waals surface area contributed by atoms with Crippen LogP contribution in [0.1, 0.15) is 68.2 Å².